The van der Waals surface area contributed by atoms with Crippen LogP contribution in [0.5, 0.6) is 0 Å². The van der Waals surface area contributed by atoms with Crippen molar-refractivity contribution in [2.75, 3.05) is 13.1 Å². The van der Waals surface area contributed by atoms with Gasteiger partial charge in [-0.1, -0.05) is 12.1 Å². The van der Waals surface area contributed by atoms with Gasteiger partial charge in [-0.3, -0.25) is 4.79 Å². The Hall–Kier alpha value is -2.12. The Balaban J connectivity index is 1.88. The van der Waals surface area contributed by atoms with Gasteiger partial charge in [0.15, 0.2) is 0 Å². The van der Waals surface area contributed by atoms with Crippen LogP contribution in [0.3, 0.4) is 0 Å². The van der Waals surface area contributed by atoms with Crippen LogP contribution in [-0.4, -0.2) is 50.6 Å². The normalized spacial score (nSPS) is 18.1. The quantitative estimate of drug-likeness (QED) is 0.879. The molecule has 2 rings (SSSR count). The molecule has 2 heterocycles. The lowest BCUT2D eigenvalue weighted by atomic mass is 10.1. The summed E-state index contributed by atoms with van der Waals surface area (Å²) in [6, 6.07) is 0.136. The van der Waals surface area contributed by atoms with Crippen LogP contribution < -0.4 is 5.32 Å². The van der Waals surface area contributed by atoms with E-state index in [1.807, 2.05) is 38.8 Å². The zero-order valence-electron chi connectivity index (χ0n) is 15.6. The largest absolute Gasteiger partial charge is 0.444 e. The van der Waals surface area contributed by atoms with Crippen LogP contribution in [0.25, 0.3) is 0 Å². The Morgan fingerprint density at radius 1 is 1.40 bits per heavy atom. The molecule has 0 bridgehead atoms. The lowest BCUT2D eigenvalue weighted by Crippen LogP contribution is -2.40. The van der Waals surface area contributed by atoms with Crippen molar-refractivity contribution in [1.82, 2.24) is 25.2 Å². The van der Waals surface area contributed by atoms with Crippen LogP contribution in [0.4, 0.5) is 4.79 Å². The Morgan fingerprint density at radius 2 is 2.16 bits per heavy atom. The summed E-state index contributed by atoms with van der Waals surface area (Å²) < 4.78 is 7.00. The SMILES string of the molecule is CCCC(=O)N1CCCC(n2cc(CNC(=O)OC(C)(C)C)nn2)C1. The van der Waals surface area contributed by atoms with Crippen molar-refractivity contribution < 1.29 is 14.3 Å². The van der Waals surface area contributed by atoms with Gasteiger partial charge in [0.25, 0.3) is 0 Å². The molecule has 1 fully saturated rings. The number of ether oxygens (including phenoxy) is 1. The van der Waals surface area contributed by atoms with Gasteiger partial charge in [-0.25, -0.2) is 9.48 Å². The van der Waals surface area contributed by atoms with Crippen molar-refractivity contribution in [3.8, 4) is 0 Å². The minimum Gasteiger partial charge on any atom is -0.444 e. The molecule has 1 aromatic heterocycles. The van der Waals surface area contributed by atoms with E-state index in [-0.39, 0.29) is 18.5 Å². The van der Waals surface area contributed by atoms with E-state index < -0.39 is 11.7 Å². The molecule has 1 aromatic rings. The van der Waals surface area contributed by atoms with E-state index in [0.29, 0.717) is 18.7 Å². The summed E-state index contributed by atoms with van der Waals surface area (Å²) in [5, 5.41) is 10.9. The maximum absolute atomic E-state index is 12.1. The molecule has 1 atom stereocenters. The molecular weight excluding hydrogens is 322 g/mol. The molecule has 1 aliphatic heterocycles. The number of carbonyl (C=O) groups excluding carboxylic acids is 2. The van der Waals surface area contributed by atoms with Gasteiger partial charge in [0.1, 0.15) is 11.3 Å². The van der Waals surface area contributed by atoms with Gasteiger partial charge >= 0.3 is 6.09 Å². The minimum absolute atomic E-state index is 0.136. The molecule has 8 heteroatoms. The molecule has 25 heavy (non-hydrogen) atoms. The number of amides is 2. The third kappa shape index (κ3) is 6.03. The fraction of sp³-hybridized carbons (Fsp3) is 0.765. The van der Waals surface area contributed by atoms with Crippen molar-refractivity contribution in [2.24, 2.45) is 0 Å². The summed E-state index contributed by atoms with van der Waals surface area (Å²) >= 11 is 0. The molecule has 1 saturated heterocycles. The van der Waals surface area contributed by atoms with Crippen LogP contribution in [0.1, 0.15) is 65.1 Å². The molecule has 0 radical (unpaired) electrons. The maximum Gasteiger partial charge on any atom is 0.407 e. The van der Waals surface area contributed by atoms with E-state index in [2.05, 4.69) is 15.6 Å². The van der Waals surface area contributed by atoms with Crippen LogP contribution in [0, 0.1) is 0 Å². The summed E-state index contributed by atoms with van der Waals surface area (Å²) in [7, 11) is 0. The number of likely N-dealkylation sites (tertiary alicyclic amines) is 1. The Kier molecular flexibility index (Phi) is 6.39. The molecule has 0 aliphatic carbocycles. The summed E-state index contributed by atoms with van der Waals surface area (Å²) in [4.78, 5) is 25.7. The molecule has 2 amide bonds. The first-order chi connectivity index (χ1) is 11.8. The molecule has 140 valence electrons. The number of carbonyl (C=O) groups is 2. The second-order valence-electron chi connectivity index (χ2n) is 7.43. The van der Waals surface area contributed by atoms with Gasteiger partial charge in [0.05, 0.1) is 18.8 Å². The monoisotopic (exact) mass is 351 g/mol. The number of aromatic nitrogens is 3. The number of nitrogens with one attached hydrogen (secondary N) is 1. The van der Waals surface area contributed by atoms with E-state index in [4.69, 9.17) is 4.74 Å². The second-order valence-corrected chi connectivity index (χ2v) is 7.43. The molecule has 0 aromatic carbocycles. The zero-order chi connectivity index (χ0) is 18.4. The van der Waals surface area contributed by atoms with Crippen molar-refractivity contribution in [3.63, 3.8) is 0 Å². The summed E-state index contributed by atoms with van der Waals surface area (Å²) in [5.41, 5.74) is 0.140. The van der Waals surface area contributed by atoms with E-state index in [9.17, 15) is 9.59 Å². The van der Waals surface area contributed by atoms with E-state index in [0.717, 1.165) is 25.8 Å². The molecule has 1 aliphatic rings. The highest BCUT2D eigenvalue weighted by Crippen LogP contribution is 2.21. The fourth-order valence-corrected chi connectivity index (χ4v) is 2.82. The van der Waals surface area contributed by atoms with Gasteiger partial charge in [-0.2, -0.15) is 0 Å². The number of alkyl carbamates (subject to hydrolysis) is 1. The standard InChI is InChI=1S/C17H29N5O3/c1-5-7-15(23)21-9-6-8-14(12-21)22-11-13(19-20-22)10-18-16(24)25-17(2,3)4/h11,14H,5-10,12H2,1-4H3,(H,18,24). The predicted molar refractivity (Wildman–Crippen MR) is 92.9 cm³/mol. The molecule has 1 N–H and O–H groups in total. The van der Waals surface area contributed by atoms with Crippen molar-refractivity contribution in [2.45, 2.75) is 71.6 Å². The first kappa shape index (κ1) is 19.2. The van der Waals surface area contributed by atoms with Crippen molar-refractivity contribution in [1.29, 1.82) is 0 Å². The van der Waals surface area contributed by atoms with Gasteiger partial charge in [0.2, 0.25) is 5.91 Å². The summed E-state index contributed by atoms with van der Waals surface area (Å²) in [6.45, 7) is 9.21. The van der Waals surface area contributed by atoms with Gasteiger partial charge in [-0.15, -0.1) is 5.10 Å². The summed E-state index contributed by atoms with van der Waals surface area (Å²) in [5.74, 6) is 0.208. The average molecular weight is 351 g/mol. The van der Waals surface area contributed by atoms with Crippen LogP contribution in [-0.2, 0) is 16.1 Å². The lowest BCUT2D eigenvalue weighted by molar-refractivity contribution is -0.132. The number of rotatable bonds is 5. The smallest absolute Gasteiger partial charge is 0.407 e. The van der Waals surface area contributed by atoms with Crippen molar-refractivity contribution in [3.05, 3.63) is 11.9 Å². The highest BCUT2D eigenvalue weighted by Gasteiger charge is 2.25. The highest BCUT2D eigenvalue weighted by atomic mass is 16.6. The van der Waals surface area contributed by atoms with Gasteiger partial charge in [0, 0.05) is 19.5 Å². The number of piperidine rings is 1. The number of hydrogen-bond donors (Lipinski definition) is 1. The first-order valence-corrected chi connectivity index (χ1v) is 8.94. The average Bonchev–Trinajstić information content (AvgIpc) is 3.01. The zero-order valence-corrected chi connectivity index (χ0v) is 15.6. The molecule has 1 unspecified atom stereocenters. The summed E-state index contributed by atoms with van der Waals surface area (Å²) in [6.07, 6.45) is 4.74. The first-order valence-electron chi connectivity index (χ1n) is 8.94. The topological polar surface area (TPSA) is 89.4 Å². The van der Waals surface area contributed by atoms with Crippen LogP contribution >= 0.6 is 0 Å². The second kappa shape index (κ2) is 8.31. The Labute approximate surface area is 148 Å². The highest BCUT2D eigenvalue weighted by molar-refractivity contribution is 5.76. The number of hydrogen-bond acceptors (Lipinski definition) is 5. The minimum atomic E-state index is -0.529. The third-order valence-corrected chi connectivity index (χ3v) is 3.96. The predicted octanol–water partition coefficient (Wildman–Crippen LogP) is 2.27. The van der Waals surface area contributed by atoms with Crippen molar-refractivity contribution >= 4 is 12.0 Å². The number of nitrogens with zero attached hydrogens (tertiary/aromatic N) is 4. The van der Waals surface area contributed by atoms with E-state index in [1.54, 1.807) is 4.68 Å². The lowest BCUT2D eigenvalue weighted by Gasteiger charge is -2.32. The van der Waals surface area contributed by atoms with Gasteiger partial charge < -0.3 is 15.0 Å². The molecule has 0 saturated carbocycles. The fourth-order valence-electron chi connectivity index (χ4n) is 2.82. The molecule has 0 spiro atoms. The van der Waals surface area contributed by atoms with E-state index in [1.165, 1.54) is 0 Å². The Morgan fingerprint density at radius 3 is 2.84 bits per heavy atom. The maximum atomic E-state index is 12.1. The third-order valence-electron chi connectivity index (χ3n) is 3.96. The van der Waals surface area contributed by atoms with Gasteiger partial charge in [-0.05, 0) is 40.0 Å². The molecule has 8 nitrogen and oxygen atoms in total. The van der Waals surface area contributed by atoms with Crippen LogP contribution in [0.15, 0.2) is 6.20 Å². The van der Waals surface area contributed by atoms with Crippen LogP contribution in [0.2, 0.25) is 0 Å². The van der Waals surface area contributed by atoms with E-state index >= 15 is 0 Å². The molecular formula is C17H29N5O3. The Bertz CT molecular complexity index is 593.